The van der Waals surface area contributed by atoms with E-state index >= 15 is 0 Å². The second-order valence-electron chi connectivity index (χ2n) is 3.35. The van der Waals surface area contributed by atoms with Crippen LogP contribution in [0.2, 0.25) is 0 Å². The maximum absolute atomic E-state index is 9.57. The van der Waals surface area contributed by atoms with Crippen LogP contribution in [0, 0.1) is 0 Å². The predicted molar refractivity (Wildman–Crippen MR) is 48.8 cm³/mol. The standard InChI is InChI=1S/C8H17NO6/c9-1-2-14-7-6(12)5(11)4(3-10)15-8(7)13/h4-8,10-13H,1-3,9H2/t4-,5-,6+,7+,8?/m1/s1. The third kappa shape index (κ3) is 2.85. The van der Waals surface area contributed by atoms with Crippen LogP contribution in [0.1, 0.15) is 0 Å². The molecule has 7 nitrogen and oxygen atoms in total. The molecule has 0 bridgehead atoms. The van der Waals surface area contributed by atoms with E-state index in [9.17, 15) is 15.3 Å². The van der Waals surface area contributed by atoms with Crippen molar-refractivity contribution in [1.29, 1.82) is 0 Å². The summed E-state index contributed by atoms with van der Waals surface area (Å²) in [6, 6.07) is 0. The van der Waals surface area contributed by atoms with Gasteiger partial charge in [0, 0.05) is 6.54 Å². The largest absolute Gasteiger partial charge is 0.394 e. The van der Waals surface area contributed by atoms with Crippen molar-refractivity contribution in [3.05, 3.63) is 0 Å². The molecule has 0 saturated carbocycles. The molecule has 1 fully saturated rings. The van der Waals surface area contributed by atoms with Crippen molar-refractivity contribution in [3.63, 3.8) is 0 Å². The number of aliphatic hydroxyl groups is 4. The van der Waals surface area contributed by atoms with Gasteiger partial charge >= 0.3 is 0 Å². The third-order valence-electron chi connectivity index (χ3n) is 2.27. The third-order valence-corrected chi connectivity index (χ3v) is 2.27. The molecule has 0 aromatic heterocycles. The van der Waals surface area contributed by atoms with E-state index in [2.05, 4.69) is 0 Å². The SMILES string of the molecule is NCCO[C@@H]1C(O)O[C@H](CO)[C@@H](O)[C@@H]1O. The molecule has 7 heteroatoms. The zero-order chi connectivity index (χ0) is 11.4. The van der Waals surface area contributed by atoms with Crippen LogP contribution in [-0.2, 0) is 9.47 Å². The van der Waals surface area contributed by atoms with Gasteiger partial charge in [-0.1, -0.05) is 0 Å². The summed E-state index contributed by atoms with van der Waals surface area (Å²) < 4.78 is 9.89. The zero-order valence-electron chi connectivity index (χ0n) is 8.19. The fraction of sp³-hybridized carbons (Fsp3) is 1.00. The quantitative estimate of drug-likeness (QED) is 0.339. The van der Waals surface area contributed by atoms with E-state index in [1.807, 2.05) is 0 Å². The highest BCUT2D eigenvalue weighted by molar-refractivity contribution is 4.89. The molecule has 0 aromatic rings. The van der Waals surface area contributed by atoms with Gasteiger partial charge in [-0.15, -0.1) is 0 Å². The van der Waals surface area contributed by atoms with Crippen LogP contribution >= 0.6 is 0 Å². The number of nitrogens with two attached hydrogens (primary N) is 1. The van der Waals surface area contributed by atoms with E-state index in [1.54, 1.807) is 0 Å². The molecule has 6 N–H and O–H groups in total. The van der Waals surface area contributed by atoms with Crippen molar-refractivity contribution < 1.29 is 29.9 Å². The van der Waals surface area contributed by atoms with E-state index in [-0.39, 0.29) is 13.2 Å². The van der Waals surface area contributed by atoms with Gasteiger partial charge in [-0.25, -0.2) is 0 Å². The van der Waals surface area contributed by atoms with Gasteiger partial charge in [-0.2, -0.15) is 0 Å². The summed E-state index contributed by atoms with van der Waals surface area (Å²) >= 11 is 0. The molecule has 0 spiro atoms. The Morgan fingerprint density at radius 1 is 1.20 bits per heavy atom. The van der Waals surface area contributed by atoms with Crippen LogP contribution in [0.4, 0.5) is 0 Å². The predicted octanol–water partition coefficient (Wildman–Crippen LogP) is -3.24. The molecule has 5 atom stereocenters. The molecule has 1 saturated heterocycles. The average Bonchev–Trinajstić information content (AvgIpc) is 2.23. The first-order chi connectivity index (χ1) is 7.11. The first-order valence-electron chi connectivity index (χ1n) is 4.74. The normalized spacial score (nSPS) is 41.8. The molecule has 1 aliphatic rings. The lowest BCUT2D eigenvalue weighted by Gasteiger charge is -2.39. The summed E-state index contributed by atoms with van der Waals surface area (Å²) in [6.07, 6.45) is -6.04. The van der Waals surface area contributed by atoms with Crippen LogP contribution in [-0.4, -0.2) is 70.9 Å². The van der Waals surface area contributed by atoms with Gasteiger partial charge in [0.2, 0.25) is 0 Å². The van der Waals surface area contributed by atoms with E-state index in [0.717, 1.165) is 0 Å². The van der Waals surface area contributed by atoms with E-state index in [4.69, 9.17) is 20.3 Å². The number of aliphatic hydroxyl groups excluding tert-OH is 4. The monoisotopic (exact) mass is 223 g/mol. The van der Waals surface area contributed by atoms with Crippen molar-refractivity contribution in [2.24, 2.45) is 5.73 Å². The Hall–Kier alpha value is -0.280. The number of ether oxygens (including phenoxy) is 2. The van der Waals surface area contributed by atoms with Gasteiger partial charge in [-0.3, -0.25) is 0 Å². The summed E-state index contributed by atoms with van der Waals surface area (Å²) in [5.41, 5.74) is 5.19. The fourth-order valence-electron chi connectivity index (χ4n) is 1.46. The van der Waals surface area contributed by atoms with Gasteiger partial charge in [-0.05, 0) is 0 Å². The Balaban J connectivity index is 2.58. The zero-order valence-corrected chi connectivity index (χ0v) is 8.19. The van der Waals surface area contributed by atoms with Gasteiger partial charge in [0.25, 0.3) is 0 Å². The Morgan fingerprint density at radius 2 is 1.87 bits per heavy atom. The minimum atomic E-state index is -1.38. The highest BCUT2D eigenvalue weighted by Gasteiger charge is 2.44. The van der Waals surface area contributed by atoms with Gasteiger partial charge in [0.05, 0.1) is 13.2 Å². The summed E-state index contributed by atoms with van der Waals surface area (Å²) in [5, 5.41) is 37.2. The molecule has 0 radical (unpaired) electrons. The molecule has 1 heterocycles. The molecule has 1 unspecified atom stereocenters. The number of rotatable bonds is 4. The highest BCUT2D eigenvalue weighted by Crippen LogP contribution is 2.21. The Labute approximate surface area is 87.0 Å². The minimum Gasteiger partial charge on any atom is -0.394 e. The van der Waals surface area contributed by atoms with E-state index in [1.165, 1.54) is 0 Å². The smallest absolute Gasteiger partial charge is 0.184 e. The lowest BCUT2D eigenvalue weighted by Crippen LogP contribution is -2.59. The molecule has 0 amide bonds. The summed E-state index contributed by atoms with van der Waals surface area (Å²) in [7, 11) is 0. The Morgan fingerprint density at radius 3 is 2.40 bits per heavy atom. The van der Waals surface area contributed by atoms with Crippen LogP contribution in [0.5, 0.6) is 0 Å². The van der Waals surface area contributed by atoms with Crippen LogP contribution in [0.25, 0.3) is 0 Å². The van der Waals surface area contributed by atoms with Crippen molar-refractivity contribution >= 4 is 0 Å². The fourth-order valence-corrected chi connectivity index (χ4v) is 1.46. The molecule has 15 heavy (non-hydrogen) atoms. The van der Waals surface area contributed by atoms with E-state index < -0.39 is 37.3 Å². The second-order valence-corrected chi connectivity index (χ2v) is 3.35. The molecule has 1 aliphatic heterocycles. The molecular formula is C8H17NO6. The molecular weight excluding hydrogens is 206 g/mol. The first kappa shape index (κ1) is 12.8. The maximum Gasteiger partial charge on any atom is 0.184 e. The van der Waals surface area contributed by atoms with Crippen molar-refractivity contribution in [1.82, 2.24) is 0 Å². The van der Waals surface area contributed by atoms with Crippen LogP contribution in [0.15, 0.2) is 0 Å². The second kappa shape index (κ2) is 5.71. The van der Waals surface area contributed by atoms with Crippen LogP contribution in [0.3, 0.4) is 0 Å². The first-order valence-corrected chi connectivity index (χ1v) is 4.74. The summed E-state index contributed by atoms with van der Waals surface area (Å²) in [4.78, 5) is 0. The van der Waals surface area contributed by atoms with Gasteiger partial charge in [0.1, 0.15) is 24.4 Å². The topological polar surface area (TPSA) is 125 Å². The number of hydrogen-bond donors (Lipinski definition) is 5. The van der Waals surface area contributed by atoms with Crippen LogP contribution < -0.4 is 5.73 Å². The van der Waals surface area contributed by atoms with Gasteiger partial charge in [0.15, 0.2) is 6.29 Å². The maximum atomic E-state index is 9.57. The highest BCUT2D eigenvalue weighted by atomic mass is 16.7. The van der Waals surface area contributed by atoms with E-state index in [0.29, 0.717) is 0 Å². The average molecular weight is 223 g/mol. The lowest BCUT2D eigenvalue weighted by molar-refractivity contribution is -0.295. The van der Waals surface area contributed by atoms with Crippen molar-refractivity contribution in [2.45, 2.75) is 30.7 Å². The molecule has 0 aliphatic carbocycles. The Kier molecular flexibility index (Phi) is 4.87. The summed E-state index contributed by atoms with van der Waals surface area (Å²) in [5.74, 6) is 0. The van der Waals surface area contributed by atoms with Crippen molar-refractivity contribution in [3.8, 4) is 0 Å². The summed E-state index contributed by atoms with van der Waals surface area (Å²) in [6.45, 7) is -0.118. The van der Waals surface area contributed by atoms with Crippen molar-refractivity contribution in [2.75, 3.05) is 19.8 Å². The molecule has 1 rings (SSSR count). The molecule has 0 aromatic carbocycles. The van der Waals surface area contributed by atoms with Gasteiger partial charge < -0.3 is 35.6 Å². The number of hydrogen-bond acceptors (Lipinski definition) is 7. The lowest BCUT2D eigenvalue weighted by atomic mass is 9.99. The Bertz CT molecular complexity index is 192. The molecule has 90 valence electrons. The minimum absolute atomic E-state index is 0.138.